The molecule has 4 N–H and O–H groups in total. The van der Waals surface area contributed by atoms with Gasteiger partial charge in [-0.15, -0.1) is 0 Å². The van der Waals surface area contributed by atoms with E-state index < -0.39 is 8.56 Å². The van der Waals surface area contributed by atoms with Gasteiger partial charge in [0, 0.05) is 20.3 Å². The Balaban J connectivity index is 4.07. The van der Waals surface area contributed by atoms with Gasteiger partial charge in [0.1, 0.15) is 0 Å². The van der Waals surface area contributed by atoms with Crippen molar-refractivity contribution >= 4 is 8.56 Å². The monoisotopic (exact) mass is 220 g/mol. The molecule has 0 aliphatic carbocycles. The average Bonchev–Trinajstić information content (AvgIpc) is 2.18. The summed E-state index contributed by atoms with van der Waals surface area (Å²) in [7, 11) is 1.44. The molecule has 14 heavy (non-hydrogen) atoms. The SMILES string of the molecule is CO[Si](C)(CC(C)C(N)CCN)OC. The fourth-order valence-electron chi connectivity index (χ4n) is 1.46. The number of hydrogen-bond acceptors (Lipinski definition) is 4. The van der Waals surface area contributed by atoms with E-state index in [1.54, 1.807) is 14.2 Å². The summed E-state index contributed by atoms with van der Waals surface area (Å²) in [5, 5.41) is 0. The second-order valence-electron chi connectivity index (χ2n) is 3.96. The van der Waals surface area contributed by atoms with Gasteiger partial charge in [-0.3, -0.25) is 0 Å². The van der Waals surface area contributed by atoms with Gasteiger partial charge in [-0.1, -0.05) is 6.92 Å². The van der Waals surface area contributed by atoms with Crippen LogP contribution >= 0.6 is 0 Å². The Kier molecular flexibility index (Phi) is 6.55. The van der Waals surface area contributed by atoms with Crippen molar-refractivity contribution in [1.29, 1.82) is 0 Å². The molecule has 5 heteroatoms. The van der Waals surface area contributed by atoms with E-state index in [1.807, 2.05) is 0 Å². The van der Waals surface area contributed by atoms with E-state index in [1.165, 1.54) is 0 Å². The Bertz CT molecular complexity index is 154. The minimum Gasteiger partial charge on any atom is -0.398 e. The molecule has 2 atom stereocenters. The van der Waals surface area contributed by atoms with Crippen LogP contribution in [0.4, 0.5) is 0 Å². The van der Waals surface area contributed by atoms with Crippen molar-refractivity contribution in [1.82, 2.24) is 0 Å². The van der Waals surface area contributed by atoms with Crippen LogP contribution in [0, 0.1) is 5.92 Å². The molecule has 0 aliphatic rings. The Morgan fingerprint density at radius 1 is 1.29 bits per heavy atom. The summed E-state index contributed by atoms with van der Waals surface area (Å²) in [6.45, 7) is 4.83. The molecule has 0 heterocycles. The maximum atomic E-state index is 5.98. The topological polar surface area (TPSA) is 70.5 Å². The van der Waals surface area contributed by atoms with Crippen molar-refractivity contribution in [3.8, 4) is 0 Å². The molecule has 0 saturated carbocycles. The van der Waals surface area contributed by atoms with Crippen LogP contribution in [0.25, 0.3) is 0 Å². The van der Waals surface area contributed by atoms with E-state index in [0.717, 1.165) is 12.5 Å². The Labute approximate surface area is 88.2 Å². The average molecular weight is 220 g/mol. The molecule has 0 bridgehead atoms. The molecule has 4 nitrogen and oxygen atoms in total. The third-order valence-electron chi connectivity index (χ3n) is 2.79. The Morgan fingerprint density at radius 2 is 1.79 bits per heavy atom. The highest BCUT2D eigenvalue weighted by Gasteiger charge is 2.32. The highest BCUT2D eigenvalue weighted by molar-refractivity contribution is 6.66. The van der Waals surface area contributed by atoms with Crippen molar-refractivity contribution in [2.24, 2.45) is 17.4 Å². The lowest BCUT2D eigenvalue weighted by Gasteiger charge is -2.28. The molecule has 0 fully saturated rings. The number of hydrogen-bond donors (Lipinski definition) is 2. The van der Waals surface area contributed by atoms with Crippen LogP contribution < -0.4 is 11.5 Å². The predicted octanol–water partition coefficient (Wildman–Crippen LogP) is 0.663. The fraction of sp³-hybridized carbons (Fsp3) is 1.00. The van der Waals surface area contributed by atoms with Gasteiger partial charge in [0.15, 0.2) is 0 Å². The van der Waals surface area contributed by atoms with Crippen LogP contribution in [-0.4, -0.2) is 35.4 Å². The summed E-state index contributed by atoms with van der Waals surface area (Å²) >= 11 is 0. The third-order valence-corrected chi connectivity index (χ3v) is 5.90. The minimum atomic E-state index is -1.97. The maximum Gasteiger partial charge on any atom is 0.334 e. The van der Waals surface area contributed by atoms with Crippen LogP contribution in [0.1, 0.15) is 13.3 Å². The third kappa shape index (κ3) is 4.52. The lowest BCUT2D eigenvalue weighted by molar-refractivity contribution is 0.239. The zero-order valence-electron chi connectivity index (χ0n) is 9.75. The van der Waals surface area contributed by atoms with Gasteiger partial charge in [0.2, 0.25) is 0 Å². The number of rotatable bonds is 7. The Hall–Kier alpha value is 0.0569. The van der Waals surface area contributed by atoms with E-state index in [9.17, 15) is 0 Å². The van der Waals surface area contributed by atoms with Gasteiger partial charge < -0.3 is 20.3 Å². The molecule has 0 aromatic carbocycles. The first-order valence-electron chi connectivity index (χ1n) is 5.05. The van der Waals surface area contributed by atoms with Crippen LogP contribution in [0.2, 0.25) is 12.6 Å². The lowest BCUT2D eigenvalue weighted by atomic mass is 10.0. The van der Waals surface area contributed by atoms with Gasteiger partial charge in [-0.25, -0.2) is 0 Å². The zero-order chi connectivity index (χ0) is 11.2. The summed E-state index contributed by atoms with van der Waals surface area (Å²) in [4.78, 5) is 0. The predicted molar refractivity (Wildman–Crippen MR) is 61.3 cm³/mol. The standard InChI is InChI=1S/C9H24N2O2Si/c1-8(9(11)5-6-10)7-14(4,12-2)13-3/h8-9H,5-7,10-11H2,1-4H3. The van der Waals surface area contributed by atoms with Crippen molar-refractivity contribution in [2.75, 3.05) is 20.8 Å². The van der Waals surface area contributed by atoms with E-state index in [0.29, 0.717) is 12.5 Å². The summed E-state index contributed by atoms with van der Waals surface area (Å²) in [5.74, 6) is 0.398. The van der Waals surface area contributed by atoms with E-state index in [2.05, 4.69) is 13.5 Å². The van der Waals surface area contributed by atoms with Crippen LogP contribution in [0.15, 0.2) is 0 Å². The van der Waals surface area contributed by atoms with Crippen LogP contribution in [0.5, 0.6) is 0 Å². The molecule has 0 radical (unpaired) electrons. The normalized spacial score (nSPS) is 16.7. The molecule has 2 unspecified atom stereocenters. The van der Waals surface area contributed by atoms with Crippen molar-refractivity contribution in [2.45, 2.75) is 32.0 Å². The second-order valence-corrected chi connectivity index (χ2v) is 7.46. The molecular formula is C9H24N2O2Si. The molecular weight excluding hydrogens is 196 g/mol. The molecule has 0 aliphatic heterocycles. The zero-order valence-corrected chi connectivity index (χ0v) is 10.7. The van der Waals surface area contributed by atoms with Crippen LogP contribution in [0.3, 0.4) is 0 Å². The van der Waals surface area contributed by atoms with Gasteiger partial charge in [0.05, 0.1) is 0 Å². The van der Waals surface area contributed by atoms with Gasteiger partial charge in [-0.2, -0.15) is 0 Å². The molecule has 0 amide bonds. The first-order valence-corrected chi connectivity index (χ1v) is 7.57. The quantitative estimate of drug-likeness (QED) is 0.619. The smallest absolute Gasteiger partial charge is 0.334 e. The summed E-state index contributed by atoms with van der Waals surface area (Å²) in [6, 6.07) is 1.07. The molecule has 86 valence electrons. The fourth-order valence-corrected chi connectivity index (χ4v) is 3.44. The van der Waals surface area contributed by atoms with Crippen LogP contribution in [-0.2, 0) is 8.85 Å². The van der Waals surface area contributed by atoms with E-state index in [4.69, 9.17) is 20.3 Å². The molecule has 0 aromatic rings. The first-order chi connectivity index (χ1) is 6.49. The highest BCUT2D eigenvalue weighted by atomic mass is 28.4. The second kappa shape index (κ2) is 6.52. The summed E-state index contributed by atoms with van der Waals surface area (Å²) in [6.07, 6.45) is 0.860. The molecule has 0 rings (SSSR count). The molecule has 0 saturated heterocycles. The maximum absolute atomic E-state index is 5.98. The Morgan fingerprint density at radius 3 is 2.14 bits per heavy atom. The molecule has 0 aromatic heterocycles. The van der Waals surface area contributed by atoms with Crippen molar-refractivity contribution in [3.05, 3.63) is 0 Å². The van der Waals surface area contributed by atoms with Gasteiger partial charge in [0.25, 0.3) is 0 Å². The largest absolute Gasteiger partial charge is 0.398 e. The van der Waals surface area contributed by atoms with Gasteiger partial charge in [-0.05, 0) is 31.5 Å². The van der Waals surface area contributed by atoms with Crippen molar-refractivity contribution in [3.63, 3.8) is 0 Å². The van der Waals surface area contributed by atoms with Gasteiger partial charge >= 0.3 is 8.56 Å². The molecule has 0 spiro atoms. The number of nitrogens with two attached hydrogens (primary N) is 2. The lowest BCUT2D eigenvalue weighted by Crippen LogP contribution is -2.42. The highest BCUT2D eigenvalue weighted by Crippen LogP contribution is 2.20. The summed E-state index contributed by atoms with van der Waals surface area (Å²) < 4.78 is 10.8. The first kappa shape index (κ1) is 14.1. The van der Waals surface area contributed by atoms with E-state index >= 15 is 0 Å². The van der Waals surface area contributed by atoms with Crippen molar-refractivity contribution < 1.29 is 8.85 Å². The summed E-state index contributed by atoms with van der Waals surface area (Å²) in [5.41, 5.74) is 11.4. The van der Waals surface area contributed by atoms with E-state index in [-0.39, 0.29) is 6.04 Å². The minimum absolute atomic E-state index is 0.150.